The molecule has 8 nitrogen and oxygen atoms in total. The summed E-state index contributed by atoms with van der Waals surface area (Å²) in [7, 11) is 5.13. The molecule has 146 valence electrons. The average molecular weight is 365 g/mol. The highest BCUT2D eigenvalue weighted by molar-refractivity contribution is 5.88. The topological polar surface area (TPSA) is 90.2 Å². The van der Waals surface area contributed by atoms with Crippen molar-refractivity contribution in [3.05, 3.63) is 24.2 Å². The molecule has 0 atom stereocenters. The maximum absolute atomic E-state index is 12.2. The van der Waals surface area contributed by atoms with Crippen molar-refractivity contribution in [2.45, 2.75) is 32.7 Å². The second-order valence-electron chi connectivity index (χ2n) is 7.34. The zero-order chi connectivity index (χ0) is 19.7. The number of rotatable bonds is 7. The summed E-state index contributed by atoms with van der Waals surface area (Å²) in [5.41, 5.74) is -0.303. The first-order valence-electron chi connectivity index (χ1n) is 8.61. The number of amides is 2. The first kappa shape index (κ1) is 21.5. The molecule has 0 aliphatic carbocycles. The van der Waals surface area contributed by atoms with Crippen LogP contribution in [0.25, 0.3) is 0 Å². The third kappa shape index (κ3) is 8.55. The van der Waals surface area contributed by atoms with Crippen LogP contribution in [0.1, 0.15) is 26.5 Å². The molecule has 0 unspecified atom stereocenters. The Balaban J connectivity index is 2.69. The van der Waals surface area contributed by atoms with E-state index >= 15 is 0 Å². The van der Waals surface area contributed by atoms with Gasteiger partial charge in [-0.2, -0.15) is 0 Å². The van der Waals surface area contributed by atoms with Crippen molar-refractivity contribution in [3.8, 4) is 0 Å². The molecule has 0 aliphatic heterocycles. The van der Waals surface area contributed by atoms with Gasteiger partial charge in [-0.3, -0.25) is 9.59 Å². The van der Waals surface area contributed by atoms with Crippen LogP contribution in [0.4, 0.5) is 0 Å². The molecule has 0 bridgehead atoms. The summed E-state index contributed by atoms with van der Waals surface area (Å²) >= 11 is 0. The van der Waals surface area contributed by atoms with Gasteiger partial charge in [0, 0.05) is 39.6 Å². The summed E-state index contributed by atoms with van der Waals surface area (Å²) in [5.74, 6) is 1.13. The Morgan fingerprint density at radius 3 is 2.46 bits per heavy atom. The molecule has 1 aromatic rings. The highest BCUT2D eigenvalue weighted by Gasteiger charge is 2.17. The third-order valence-corrected chi connectivity index (χ3v) is 3.35. The normalized spacial score (nSPS) is 11.8. The van der Waals surface area contributed by atoms with E-state index in [2.05, 4.69) is 15.6 Å². The lowest BCUT2D eigenvalue weighted by atomic mass is 10.1. The molecule has 0 radical (unpaired) electrons. The number of nitrogens with zero attached hydrogens (tertiary/aromatic N) is 3. The van der Waals surface area contributed by atoms with E-state index in [1.165, 1.54) is 4.90 Å². The summed E-state index contributed by atoms with van der Waals surface area (Å²) < 4.78 is 5.31. The quantitative estimate of drug-likeness (QED) is 0.548. The number of carbonyl (C=O) groups excluding carboxylic acids is 2. The molecule has 2 N–H and O–H groups in total. The summed E-state index contributed by atoms with van der Waals surface area (Å²) in [6.45, 7) is 6.51. The van der Waals surface area contributed by atoms with Crippen LogP contribution >= 0.6 is 0 Å². The Labute approximate surface area is 155 Å². The molecule has 1 heterocycles. The van der Waals surface area contributed by atoms with Crippen molar-refractivity contribution in [2.75, 3.05) is 40.8 Å². The van der Waals surface area contributed by atoms with Crippen LogP contribution in [0.15, 0.2) is 27.8 Å². The minimum absolute atomic E-state index is 0.0152. The van der Waals surface area contributed by atoms with Crippen LogP contribution in [0, 0.1) is 0 Å². The number of likely N-dealkylation sites (N-methyl/N-ethyl adjacent to an activating group) is 2. The Morgan fingerprint density at radius 1 is 1.23 bits per heavy atom. The lowest BCUT2D eigenvalue weighted by Crippen LogP contribution is -2.49. The van der Waals surface area contributed by atoms with Gasteiger partial charge in [-0.15, -0.1) is 0 Å². The first-order chi connectivity index (χ1) is 12.1. The Morgan fingerprint density at radius 2 is 1.92 bits per heavy atom. The molecule has 0 aromatic carbocycles. The lowest BCUT2D eigenvalue weighted by Gasteiger charge is -2.25. The molecule has 1 aromatic heterocycles. The van der Waals surface area contributed by atoms with Gasteiger partial charge < -0.3 is 24.9 Å². The Bertz CT molecular complexity index is 603. The number of furan rings is 1. The monoisotopic (exact) mass is 365 g/mol. The highest BCUT2D eigenvalue weighted by Crippen LogP contribution is 2.01. The van der Waals surface area contributed by atoms with Crippen molar-refractivity contribution in [1.29, 1.82) is 0 Å². The molecule has 8 heteroatoms. The van der Waals surface area contributed by atoms with E-state index in [4.69, 9.17) is 4.42 Å². The molecule has 26 heavy (non-hydrogen) atoms. The predicted octanol–water partition coefficient (Wildman–Crippen LogP) is 0.702. The Hall–Kier alpha value is -2.51. The van der Waals surface area contributed by atoms with E-state index < -0.39 is 0 Å². The van der Waals surface area contributed by atoms with E-state index in [-0.39, 0.29) is 30.4 Å². The minimum atomic E-state index is -0.303. The number of hydrogen-bond donors (Lipinski definition) is 2. The van der Waals surface area contributed by atoms with Crippen LogP contribution < -0.4 is 10.6 Å². The van der Waals surface area contributed by atoms with E-state index in [0.717, 1.165) is 5.76 Å². The molecule has 0 saturated carbocycles. The van der Waals surface area contributed by atoms with Gasteiger partial charge in [0.2, 0.25) is 11.8 Å². The first-order valence-corrected chi connectivity index (χ1v) is 8.61. The number of guanidine groups is 1. The van der Waals surface area contributed by atoms with Gasteiger partial charge in [0.05, 0.1) is 12.8 Å². The fraction of sp³-hybridized carbons (Fsp3) is 0.611. The predicted molar refractivity (Wildman–Crippen MR) is 102 cm³/mol. The van der Waals surface area contributed by atoms with Crippen molar-refractivity contribution in [2.24, 2.45) is 4.99 Å². The van der Waals surface area contributed by atoms with Crippen LogP contribution in [0.5, 0.6) is 0 Å². The summed E-state index contributed by atoms with van der Waals surface area (Å²) in [5, 5.41) is 6.10. The van der Waals surface area contributed by atoms with Gasteiger partial charge in [0.1, 0.15) is 12.3 Å². The number of carbonyl (C=O) groups is 2. The minimum Gasteiger partial charge on any atom is -0.469 e. The smallest absolute Gasteiger partial charge is 0.243 e. The zero-order valence-corrected chi connectivity index (χ0v) is 16.6. The summed E-state index contributed by atoms with van der Waals surface area (Å²) in [4.78, 5) is 31.5. The molecule has 0 spiro atoms. The third-order valence-electron chi connectivity index (χ3n) is 3.35. The van der Waals surface area contributed by atoms with Crippen LogP contribution in [0.3, 0.4) is 0 Å². The lowest BCUT2D eigenvalue weighted by molar-refractivity contribution is -0.127. The molecular formula is C18H31N5O3. The second kappa shape index (κ2) is 9.84. The molecule has 0 saturated heterocycles. The van der Waals surface area contributed by atoms with Crippen molar-refractivity contribution in [3.63, 3.8) is 0 Å². The van der Waals surface area contributed by atoms with Crippen molar-refractivity contribution in [1.82, 2.24) is 20.4 Å². The maximum Gasteiger partial charge on any atom is 0.243 e. The zero-order valence-electron chi connectivity index (χ0n) is 16.6. The van der Waals surface area contributed by atoms with Crippen LogP contribution in [-0.2, 0) is 16.0 Å². The van der Waals surface area contributed by atoms with Gasteiger partial charge in [-0.05, 0) is 32.9 Å². The van der Waals surface area contributed by atoms with Crippen molar-refractivity contribution >= 4 is 17.8 Å². The average Bonchev–Trinajstić information content (AvgIpc) is 3.01. The van der Waals surface area contributed by atoms with Gasteiger partial charge in [0.15, 0.2) is 5.96 Å². The standard InChI is InChI=1S/C18H31N5O3/c1-18(2,3)21-15(24)13-23(6)17(20-12-16(25)22(4)5)19-10-9-14-8-7-11-26-14/h7-8,11H,9-10,12-13H2,1-6H3,(H,19,20)(H,21,24). The summed E-state index contributed by atoms with van der Waals surface area (Å²) in [6.07, 6.45) is 2.30. The second-order valence-corrected chi connectivity index (χ2v) is 7.34. The van der Waals surface area contributed by atoms with E-state index in [0.29, 0.717) is 18.9 Å². The van der Waals surface area contributed by atoms with E-state index in [9.17, 15) is 9.59 Å². The van der Waals surface area contributed by atoms with Gasteiger partial charge >= 0.3 is 0 Å². The van der Waals surface area contributed by atoms with Crippen molar-refractivity contribution < 1.29 is 14.0 Å². The Kier molecular flexibility index (Phi) is 8.15. The summed E-state index contributed by atoms with van der Waals surface area (Å²) in [6, 6.07) is 3.73. The SMILES string of the molecule is CN(C)C(=O)CN=C(NCCc1ccco1)N(C)CC(=O)NC(C)(C)C. The number of nitrogens with one attached hydrogen (secondary N) is 2. The molecule has 1 rings (SSSR count). The molecule has 2 amide bonds. The molecular weight excluding hydrogens is 334 g/mol. The largest absolute Gasteiger partial charge is 0.469 e. The van der Waals surface area contributed by atoms with Crippen LogP contribution in [0.2, 0.25) is 0 Å². The van der Waals surface area contributed by atoms with Gasteiger partial charge in [-0.25, -0.2) is 4.99 Å². The molecule has 0 fully saturated rings. The van der Waals surface area contributed by atoms with E-state index in [1.807, 2.05) is 32.9 Å². The fourth-order valence-electron chi connectivity index (χ4n) is 2.10. The van der Waals surface area contributed by atoms with Gasteiger partial charge in [-0.1, -0.05) is 0 Å². The highest BCUT2D eigenvalue weighted by atomic mass is 16.3. The van der Waals surface area contributed by atoms with E-state index in [1.54, 1.807) is 32.3 Å². The molecule has 0 aliphatic rings. The maximum atomic E-state index is 12.2. The van der Waals surface area contributed by atoms with Crippen LogP contribution in [-0.4, -0.2) is 73.9 Å². The van der Waals surface area contributed by atoms with Gasteiger partial charge in [0.25, 0.3) is 0 Å². The number of hydrogen-bond acceptors (Lipinski definition) is 4. The fourth-order valence-corrected chi connectivity index (χ4v) is 2.10. The number of aliphatic imine (C=N–C) groups is 1.